The highest BCUT2D eigenvalue weighted by molar-refractivity contribution is 7.13. The summed E-state index contributed by atoms with van der Waals surface area (Å²) in [5, 5.41) is 5.31. The molecule has 2 aromatic heterocycles. The summed E-state index contributed by atoms with van der Waals surface area (Å²) < 4.78 is 15.8. The van der Waals surface area contributed by atoms with Crippen LogP contribution in [-0.4, -0.2) is 30.3 Å². The molecular weight excluding hydrogens is 416 g/mol. The highest BCUT2D eigenvalue weighted by Gasteiger charge is 2.18. The zero-order chi connectivity index (χ0) is 21.2. The summed E-state index contributed by atoms with van der Waals surface area (Å²) in [4.78, 5) is 30.7. The summed E-state index contributed by atoms with van der Waals surface area (Å²) in [6.07, 6.45) is 0. The van der Waals surface area contributed by atoms with E-state index >= 15 is 0 Å². The zero-order valence-corrected chi connectivity index (χ0v) is 17.0. The second-order valence-corrected chi connectivity index (χ2v) is 7.69. The van der Waals surface area contributed by atoms with Gasteiger partial charge in [-0.05, 0) is 35.7 Å². The maximum atomic E-state index is 12.8. The fourth-order valence-corrected chi connectivity index (χ4v) is 3.96. The van der Waals surface area contributed by atoms with Gasteiger partial charge < -0.3 is 19.5 Å². The molecule has 4 aromatic rings. The summed E-state index contributed by atoms with van der Waals surface area (Å²) in [5.74, 6) is 0.135. The number of pyridine rings is 1. The topological polar surface area (TPSA) is 86.8 Å². The molecule has 1 aliphatic rings. The van der Waals surface area contributed by atoms with E-state index in [1.54, 1.807) is 24.3 Å². The number of amides is 1. The van der Waals surface area contributed by atoms with Crippen LogP contribution in [0.4, 0.5) is 5.69 Å². The standard InChI is InChI=1S/C23H16N2O5S/c26-22(24-14-7-8-19-20(10-14)30-13-29-19)12-28-23(27)16-11-18(21-6-3-9-31-21)25-17-5-2-1-4-15(16)17/h1-11H,12-13H2,(H,24,26). The van der Waals surface area contributed by atoms with Crippen molar-refractivity contribution >= 4 is 39.8 Å². The van der Waals surface area contributed by atoms with Crippen molar-refractivity contribution in [3.63, 3.8) is 0 Å². The number of hydrogen-bond donors (Lipinski definition) is 1. The molecule has 31 heavy (non-hydrogen) atoms. The fraction of sp³-hybridized carbons (Fsp3) is 0.0870. The van der Waals surface area contributed by atoms with Crippen molar-refractivity contribution in [2.45, 2.75) is 0 Å². The van der Waals surface area contributed by atoms with Crippen LogP contribution in [0.15, 0.2) is 66.0 Å². The lowest BCUT2D eigenvalue weighted by molar-refractivity contribution is -0.119. The van der Waals surface area contributed by atoms with E-state index in [0.29, 0.717) is 39.3 Å². The molecule has 0 radical (unpaired) electrons. The molecule has 154 valence electrons. The summed E-state index contributed by atoms with van der Waals surface area (Å²) in [5.41, 5.74) is 2.26. The van der Waals surface area contributed by atoms with E-state index in [1.807, 2.05) is 41.8 Å². The second kappa shape index (κ2) is 8.08. The molecule has 0 spiro atoms. The van der Waals surface area contributed by atoms with E-state index in [9.17, 15) is 9.59 Å². The number of carbonyl (C=O) groups excluding carboxylic acids is 2. The van der Waals surface area contributed by atoms with Crippen molar-refractivity contribution < 1.29 is 23.8 Å². The average molecular weight is 432 g/mol. The van der Waals surface area contributed by atoms with Gasteiger partial charge in [0.1, 0.15) is 0 Å². The van der Waals surface area contributed by atoms with Gasteiger partial charge in [0.2, 0.25) is 6.79 Å². The zero-order valence-electron chi connectivity index (χ0n) is 16.2. The normalized spacial score (nSPS) is 12.0. The summed E-state index contributed by atoms with van der Waals surface area (Å²) >= 11 is 1.53. The Morgan fingerprint density at radius 2 is 1.90 bits per heavy atom. The Labute approximate surface area is 181 Å². The van der Waals surface area contributed by atoms with Gasteiger partial charge in [-0.15, -0.1) is 11.3 Å². The minimum atomic E-state index is -0.586. The molecule has 0 atom stereocenters. The molecule has 1 N–H and O–H groups in total. The van der Waals surface area contributed by atoms with Crippen molar-refractivity contribution in [3.05, 3.63) is 71.6 Å². The van der Waals surface area contributed by atoms with Gasteiger partial charge in [-0.3, -0.25) is 4.79 Å². The third kappa shape index (κ3) is 3.93. The monoisotopic (exact) mass is 432 g/mol. The molecule has 0 unspecified atom stereocenters. The van der Waals surface area contributed by atoms with Gasteiger partial charge in [-0.2, -0.15) is 0 Å². The van der Waals surface area contributed by atoms with E-state index in [0.717, 1.165) is 4.88 Å². The number of nitrogens with zero attached hydrogens (tertiary/aromatic N) is 1. The van der Waals surface area contributed by atoms with Gasteiger partial charge in [0.05, 0.1) is 21.7 Å². The van der Waals surface area contributed by atoms with Crippen LogP contribution in [0, 0.1) is 0 Å². The maximum Gasteiger partial charge on any atom is 0.339 e. The van der Waals surface area contributed by atoms with Gasteiger partial charge >= 0.3 is 5.97 Å². The quantitative estimate of drug-likeness (QED) is 0.468. The Morgan fingerprint density at radius 3 is 2.77 bits per heavy atom. The molecule has 2 aromatic carbocycles. The van der Waals surface area contributed by atoms with Crippen molar-refractivity contribution in [2.24, 2.45) is 0 Å². The molecule has 7 nitrogen and oxygen atoms in total. The number of ether oxygens (including phenoxy) is 3. The summed E-state index contributed by atoms with van der Waals surface area (Å²) in [6.45, 7) is -0.268. The fourth-order valence-electron chi connectivity index (χ4n) is 3.28. The SMILES string of the molecule is O=C(COC(=O)c1cc(-c2cccs2)nc2ccccc12)Nc1ccc2c(c1)OCO2. The molecular formula is C23H16N2O5S. The highest BCUT2D eigenvalue weighted by atomic mass is 32.1. The average Bonchev–Trinajstić information content (AvgIpc) is 3.48. The van der Waals surface area contributed by atoms with E-state index in [-0.39, 0.29) is 6.79 Å². The van der Waals surface area contributed by atoms with Crippen LogP contribution in [0.5, 0.6) is 11.5 Å². The molecule has 0 saturated heterocycles. The summed E-state index contributed by atoms with van der Waals surface area (Å²) in [7, 11) is 0. The first-order chi connectivity index (χ1) is 15.2. The van der Waals surface area contributed by atoms with Crippen molar-refractivity contribution in [3.8, 4) is 22.1 Å². The van der Waals surface area contributed by atoms with Gasteiger partial charge in [-0.25, -0.2) is 9.78 Å². The van der Waals surface area contributed by atoms with Crippen LogP contribution < -0.4 is 14.8 Å². The van der Waals surface area contributed by atoms with Crippen LogP contribution in [0.25, 0.3) is 21.5 Å². The Bertz CT molecular complexity index is 1290. The number of esters is 1. The molecule has 0 fully saturated rings. The Morgan fingerprint density at radius 1 is 1.03 bits per heavy atom. The molecule has 5 rings (SSSR count). The number of fused-ring (bicyclic) bond motifs is 2. The van der Waals surface area contributed by atoms with Gasteiger partial charge in [0, 0.05) is 17.1 Å². The van der Waals surface area contributed by atoms with E-state index in [4.69, 9.17) is 14.2 Å². The van der Waals surface area contributed by atoms with Crippen molar-refractivity contribution in [1.29, 1.82) is 0 Å². The Balaban J connectivity index is 1.32. The number of anilines is 1. The molecule has 0 saturated carbocycles. The Hall–Kier alpha value is -3.91. The molecule has 1 amide bonds. The predicted octanol–water partition coefficient (Wildman–Crippen LogP) is 4.49. The van der Waals surface area contributed by atoms with E-state index < -0.39 is 18.5 Å². The smallest absolute Gasteiger partial charge is 0.339 e. The van der Waals surface area contributed by atoms with Crippen LogP contribution in [0.3, 0.4) is 0 Å². The van der Waals surface area contributed by atoms with Crippen LogP contribution >= 0.6 is 11.3 Å². The molecule has 1 aliphatic heterocycles. The van der Waals surface area contributed by atoms with Crippen molar-refractivity contribution in [2.75, 3.05) is 18.7 Å². The number of aromatic nitrogens is 1. The molecule has 0 bridgehead atoms. The molecule has 8 heteroatoms. The second-order valence-electron chi connectivity index (χ2n) is 6.74. The Kier molecular flexibility index (Phi) is 4.97. The largest absolute Gasteiger partial charge is 0.454 e. The highest BCUT2D eigenvalue weighted by Crippen LogP contribution is 2.34. The number of para-hydroxylation sites is 1. The number of carbonyl (C=O) groups is 2. The lowest BCUT2D eigenvalue weighted by atomic mass is 10.1. The van der Waals surface area contributed by atoms with Gasteiger partial charge in [0.15, 0.2) is 18.1 Å². The van der Waals surface area contributed by atoms with Crippen LogP contribution in [0.1, 0.15) is 10.4 Å². The van der Waals surface area contributed by atoms with Gasteiger partial charge in [0.25, 0.3) is 5.91 Å². The number of nitrogens with one attached hydrogen (secondary N) is 1. The first-order valence-corrected chi connectivity index (χ1v) is 10.4. The van der Waals surface area contributed by atoms with E-state index in [1.165, 1.54) is 11.3 Å². The van der Waals surface area contributed by atoms with Crippen LogP contribution in [0.2, 0.25) is 0 Å². The number of thiophene rings is 1. The van der Waals surface area contributed by atoms with E-state index in [2.05, 4.69) is 10.3 Å². The lowest BCUT2D eigenvalue weighted by Crippen LogP contribution is -2.21. The third-order valence-corrected chi connectivity index (χ3v) is 5.59. The van der Waals surface area contributed by atoms with Crippen molar-refractivity contribution in [1.82, 2.24) is 4.98 Å². The molecule has 0 aliphatic carbocycles. The lowest BCUT2D eigenvalue weighted by Gasteiger charge is -2.10. The maximum absolute atomic E-state index is 12.8. The number of hydrogen-bond acceptors (Lipinski definition) is 7. The first-order valence-electron chi connectivity index (χ1n) is 9.48. The summed E-state index contributed by atoms with van der Waals surface area (Å²) in [6, 6.07) is 18.0. The number of benzene rings is 2. The molecule has 3 heterocycles. The van der Waals surface area contributed by atoms with Gasteiger partial charge in [-0.1, -0.05) is 24.3 Å². The minimum Gasteiger partial charge on any atom is -0.454 e. The predicted molar refractivity (Wildman–Crippen MR) is 117 cm³/mol. The first kappa shape index (κ1) is 19.1. The van der Waals surface area contributed by atoms with Crippen LogP contribution in [-0.2, 0) is 9.53 Å². The third-order valence-electron chi connectivity index (χ3n) is 4.70. The number of rotatable bonds is 5. The minimum absolute atomic E-state index is 0.150.